The number of nitrogens with zero attached hydrogens (tertiary/aromatic N) is 1. The lowest BCUT2D eigenvalue weighted by Crippen LogP contribution is -2.33. The maximum absolute atomic E-state index is 13.5. The number of carbonyl (C=O) groups is 1. The Labute approximate surface area is 108 Å². The Morgan fingerprint density at radius 1 is 1.22 bits per heavy atom. The lowest BCUT2D eigenvalue weighted by molar-refractivity contribution is -0.127. The van der Waals surface area contributed by atoms with Crippen molar-refractivity contribution >= 4 is 5.91 Å². The van der Waals surface area contributed by atoms with Gasteiger partial charge in [-0.25, -0.2) is 4.39 Å². The molecule has 1 aliphatic heterocycles. The Bertz CT molecular complexity index is 412. The molecule has 0 radical (unpaired) electrons. The van der Waals surface area contributed by atoms with Crippen molar-refractivity contribution < 1.29 is 9.18 Å². The molecule has 98 valence electrons. The fourth-order valence-corrected chi connectivity index (χ4v) is 2.47. The van der Waals surface area contributed by atoms with Gasteiger partial charge >= 0.3 is 0 Å². The minimum Gasteiger partial charge on any atom is -0.339 e. The monoisotopic (exact) mass is 249 g/mol. The lowest BCUT2D eigenvalue weighted by atomic mass is 10.0. The summed E-state index contributed by atoms with van der Waals surface area (Å²) in [6, 6.07) is 0. The maximum atomic E-state index is 13.5. The summed E-state index contributed by atoms with van der Waals surface area (Å²) >= 11 is 0. The van der Waals surface area contributed by atoms with Gasteiger partial charge in [0.2, 0.25) is 5.91 Å². The van der Waals surface area contributed by atoms with Crippen molar-refractivity contribution in [1.29, 1.82) is 0 Å². The second kappa shape index (κ2) is 5.98. The molecule has 0 spiro atoms. The van der Waals surface area contributed by atoms with Gasteiger partial charge in [-0.3, -0.25) is 4.79 Å². The molecule has 2 aliphatic rings. The average Bonchev–Trinajstić information content (AvgIpc) is 2.70. The smallest absolute Gasteiger partial charge is 0.250 e. The first-order chi connectivity index (χ1) is 8.68. The SMILES string of the molecule is CC1=C(C(=O)N2CCCCCC2)CC(F)=CC=C1. The highest BCUT2D eigenvalue weighted by atomic mass is 19.1. The first-order valence-corrected chi connectivity index (χ1v) is 6.70. The number of carbonyl (C=O) groups excluding carboxylic acids is 1. The third-order valence-electron chi connectivity index (χ3n) is 3.60. The number of allylic oxidation sites excluding steroid dienone is 5. The van der Waals surface area contributed by atoms with Gasteiger partial charge in [0.15, 0.2) is 0 Å². The van der Waals surface area contributed by atoms with Gasteiger partial charge in [-0.2, -0.15) is 0 Å². The van der Waals surface area contributed by atoms with Crippen molar-refractivity contribution in [3.63, 3.8) is 0 Å². The van der Waals surface area contributed by atoms with E-state index in [1.54, 1.807) is 6.08 Å². The molecule has 2 rings (SSSR count). The molecule has 0 aromatic rings. The van der Waals surface area contributed by atoms with Crippen LogP contribution in [0.25, 0.3) is 0 Å². The summed E-state index contributed by atoms with van der Waals surface area (Å²) in [5, 5.41) is 0. The van der Waals surface area contributed by atoms with E-state index >= 15 is 0 Å². The van der Waals surface area contributed by atoms with Crippen LogP contribution in [0.1, 0.15) is 39.0 Å². The summed E-state index contributed by atoms with van der Waals surface area (Å²) in [6.45, 7) is 3.50. The van der Waals surface area contributed by atoms with Crippen LogP contribution < -0.4 is 0 Å². The number of likely N-dealkylation sites (tertiary alicyclic amines) is 1. The van der Waals surface area contributed by atoms with Crippen molar-refractivity contribution in [1.82, 2.24) is 4.90 Å². The summed E-state index contributed by atoms with van der Waals surface area (Å²) in [4.78, 5) is 14.3. The number of hydrogen-bond acceptors (Lipinski definition) is 1. The van der Waals surface area contributed by atoms with Gasteiger partial charge in [-0.15, -0.1) is 0 Å². The second-order valence-electron chi connectivity index (χ2n) is 5.02. The average molecular weight is 249 g/mol. The van der Waals surface area contributed by atoms with Crippen LogP contribution in [0.3, 0.4) is 0 Å². The van der Waals surface area contributed by atoms with E-state index in [2.05, 4.69) is 0 Å². The van der Waals surface area contributed by atoms with Crippen molar-refractivity contribution in [3.8, 4) is 0 Å². The van der Waals surface area contributed by atoms with Crippen LogP contribution in [0.4, 0.5) is 4.39 Å². The number of hydrogen-bond donors (Lipinski definition) is 0. The van der Waals surface area contributed by atoms with Crippen molar-refractivity contribution in [2.45, 2.75) is 39.0 Å². The number of amides is 1. The molecule has 2 nitrogen and oxygen atoms in total. The van der Waals surface area contributed by atoms with E-state index in [0.717, 1.165) is 31.5 Å². The van der Waals surface area contributed by atoms with E-state index < -0.39 is 0 Å². The molecule has 1 aliphatic carbocycles. The Balaban J connectivity index is 2.16. The second-order valence-corrected chi connectivity index (χ2v) is 5.02. The van der Waals surface area contributed by atoms with Gasteiger partial charge in [-0.05, 0) is 31.4 Å². The zero-order valence-electron chi connectivity index (χ0n) is 10.9. The highest BCUT2D eigenvalue weighted by Crippen LogP contribution is 2.23. The zero-order valence-corrected chi connectivity index (χ0v) is 10.9. The first-order valence-electron chi connectivity index (χ1n) is 6.70. The Kier molecular flexibility index (Phi) is 4.34. The summed E-state index contributed by atoms with van der Waals surface area (Å²) in [5.74, 6) is -0.217. The molecule has 0 aromatic carbocycles. The fraction of sp³-hybridized carbons (Fsp3) is 0.533. The summed E-state index contributed by atoms with van der Waals surface area (Å²) in [6.07, 6.45) is 9.57. The van der Waals surface area contributed by atoms with Gasteiger partial charge in [-0.1, -0.05) is 25.0 Å². The van der Waals surface area contributed by atoms with E-state index in [4.69, 9.17) is 0 Å². The molecule has 1 amide bonds. The molecule has 1 saturated heterocycles. The minimum absolute atomic E-state index is 0.0181. The standard InChI is InChI=1S/C15H20FNO/c1-12-7-6-8-13(16)11-14(12)15(18)17-9-4-2-3-5-10-17/h6-8H,2-5,9-11H2,1H3. The maximum Gasteiger partial charge on any atom is 0.250 e. The molecule has 0 N–H and O–H groups in total. The molecule has 0 unspecified atom stereocenters. The predicted molar refractivity (Wildman–Crippen MR) is 70.7 cm³/mol. The Hall–Kier alpha value is -1.38. The third kappa shape index (κ3) is 3.09. The van der Waals surface area contributed by atoms with E-state index in [-0.39, 0.29) is 18.2 Å². The van der Waals surface area contributed by atoms with Crippen molar-refractivity contribution in [3.05, 3.63) is 35.2 Å². The van der Waals surface area contributed by atoms with Gasteiger partial charge < -0.3 is 4.90 Å². The normalized spacial score (nSPS) is 21.4. The van der Waals surface area contributed by atoms with Crippen LogP contribution in [0.15, 0.2) is 35.2 Å². The molecule has 3 heteroatoms. The quantitative estimate of drug-likeness (QED) is 0.696. The number of rotatable bonds is 1. The van der Waals surface area contributed by atoms with Crippen LogP contribution >= 0.6 is 0 Å². The molecule has 0 saturated carbocycles. The van der Waals surface area contributed by atoms with Crippen LogP contribution in [0, 0.1) is 0 Å². The van der Waals surface area contributed by atoms with Gasteiger partial charge in [0.1, 0.15) is 5.83 Å². The molecule has 18 heavy (non-hydrogen) atoms. The largest absolute Gasteiger partial charge is 0.339 e. The van der Waals surface area contributed by atoms with E-state index in [1.165, 1.54) is 18.9 Å². The van der Waals surface area contributed by atoms with E-state index in [0.29, 0.717) is 5.57 Å². The van der Waals surface area contributed by atoms with E-state index in [1.807, 2.05) is 17.9 Å². The van der Waals surface area contributed by atoms with Crippen LogP contribution in [-0.2, 0) is 4.79 Å². The van der Waals surface area contributed by atoms with Crippen LogP contribution in [0.5, 0.6) is 0 Å². The van der Waals surface area contributed by atoms with Gasteiger partial charge in [0.05, 0.1) is 0 Å². The summed E-state index contributed by atoms with van der Waals surface area (Å²) < 4.78 is 13.5. The molecule has 0 atom stereocenters. The number of halogens is 1. The molecule has 0 aromatic heterocycles. The van der Waals surface area contributed by atoms with Crippen molar-refractivity contribution in [2.75, 3.05) is 13.1 Å². The molecule has 1 fully saturated rings. The topological polar surface area (TPSA) is 20.3 Å². The van der Waals surface area contributed by atoms with Gasteiger partial charge in [0, 0.05) is 25.1 Å². The Morgan fingerprint density at radius 2 is 1.89 bits per heavy atom. The molecule has 0 bridgehead atoms. The third-order valence-corrected chi connectivity index (χ3v) is 3.60. The van der Waals surface area contributed by atoms with Crippen LogP contribution in [0.2, 0.25) is 0 Å². The van der Waals surface area contributed by atoms with Gasteiger partial charge in [0.25, 0.3) is 0 Å². The fourth-order valence-electron chi connectivity index (χ4n) is 2.47. The Morgan fingerprint density at radius 3 is 2.56 bits per heavy atom. The van der Waals surface area contributed by atoms with Crippen LogP contribution in [-0.4, -0.2) is 23.9 Å². The highest BCUT2D eigenvalue weighted by Gasteiger charge is 2.22. The minimum atomic E-state index is -0.235. The predicted octanol–water partition coefficient (Wildman–Crippen LogP) is 3.52. The molecular formula is C15H20FNO. The first kappa shape index (κ1) is 13.1. The van der Waals surface area contributed by atoms with Crippen molar-refractivity contribution in [2.24, 2.45) is 0 Å². The molecule has 1 heterocycles. The lowest BCUT2D eigenvalue weighted by Gasteiger charge is -2.22. The highest BCUT2D eigenvalue weighted by molar-refractivity contribution is 5.95. The molecular weight excluding hydrogens is 229 g/mol. The summed E-state index contributed by atoms with van der Waals surface area (Å²) in [7, 11) is 0. The zero-order chi connectivity index (χ0) is 13.0. The van der Waals surface area contributed by atoms with E-state index in [9.17, 15) is 9.18 Å². The summed E-state index contributed by atoms with van der Waals surface area (Å²) in [5.41, 5.74) is 1.49.